The number of carbonyl (C=O) groups is 2. The summed E-state index contributed by atoms with van der Waals surface area (Å²) in [4.78, 5) is 21.6. The summed E-state index contributed by atoms with van der Waals surface area (Å²) in [6, 6.07) is 5.81. The highest BCUT2D eigenvalue weighted by atomic mass is 16.4. The molecule has 13 heavy (non-hydrogen) atoms. The average molecular weight is 179 g/mol. The third-order valence-electron chi connectivity index (χ3n) is 1.62. The van der Waals surface area contributed by atoms with Gasteiger partial charge < -0.3 is 10.8 Å². The number of benzene rings is 1. The lowest BCUT2D eigenvalue weighted by molar-refractivity contribution is 0.0697. The number of carboxylic acid groups (broad SMARTS) is 1. The van der Waals surface area contributed by atoms with Gasteiger partial charge in [0.05, 0.1) is 12.1 Å². The van der Waals surface area contributed by atoms with Crippen LogP contribution in [0.3, 0.4) is 0 Å². The molecule has 0 amide bonds. The first-order valence-electron chi connectivity index (χ1n) is 3.72. The summed E-state index contributed by atoms with van der Waals surface area (Å²) in [5, 5.41) is 8.62. The molecule has 4 heteroatoms. The van der Waals surface area contributed by atoms with E-state index in [0.717, 1.165) is 0 Å². The second-order valence-corrected chi connectivity index (χ2v) is 2.51. The standard InChI is InChI=1S/C9H9NO3/c10-5-8(11)6-2-1-3-7(4-6)9(12)13/h1-4H,5,10H2,(H,12,13). The smallest absolute Gasteiger partial charge is 0.335 e. The average Bonchev–Trinajstić information content (AvgIpc) is 2.17. The first-order valence-corrected chi connectivity index (χ1v) is 3.72. The molecule has 0 aliphatic heterocycles. The Morgan fingerprint density at radius 2 is 1.92 bits per heavy atom. The summed E-state index contributed by atoms with van der Waals surface area (Å²) in [5.41, 5.74) is 5.57. The molecule has 0 bridgehead atoms. The van der Waals surface area contributed by atoms with Crippen LogP contribution in [0.1, 0.15) is 20.7 Å². The van der Waals surface area contributed by atoms with E-state index in [4.69, 9.17) is 10.8 Å². The topological polar surface area (TPSA) is 80.4 Å². The molecule has 0 heterocycles. The molecular weight excluding hydrogens is 170 g/mol. The van der Waals surface area contributed by atoms with Crippen LogP contribution >= 0.6 is 0 Å². The molecule has 1 aromatic rings. The van der Waals surface area contributed by atoms with E-state index in [2.05, 4.69) is 0 Å². The van der Waals surface area contributed by atoms with Gasteiger partial charge in [-0.05, 0) is 12.1 Å². The Hall–Kier alpha value is -1.68. The summed E-state index contributed by atoms with van der Waals surface area (Å²) in [6.07, 6.45) is 0. The molecule has 0 fully saturated rings. The minimum Gasteiger partial charge on any atom is -0.478 e. The Kier molecular flexibility index (Phi) is 2.76. The summed E-state index contributed by atoms with van der Waals surface area (Å²) in [5.74, 6) is -1.31. The van der Waals surface area contributed by atoms with Gasteiger partial charge in [0.15, 0.2) is 5.78 Å². The van der Waals surface area contributed by atoms with Crippen LogP contribution in [-0.4, -0.2) is 23.4 Å². The van der Waals surface area contributed by atoms with Crippen molar-refractivity contribution in [2.24, 2.45) is 5.73 Å². The van der Waals surface area contributed by atoms with Gasteiger partial charge in [0.25, 0.3) is 0 Å². The molecule has 0 saturated carbocycles. The van der Waals surface area contributed by atoms with Crippen LogP contribution < -0.4 is 5.73 Å². The Labute approximate surface area is 75.0 Å². The van der Waals surface area contributed by atoms with Gasteiger partial charge in [-0.2, -0.15) is 0 Å². The van der Waals surface area contributed by atoms with E-state index < -0.39 is 5.97 Å². The minimum atomic E-state index is -1.05. The molecule has 0 aliphatic carbocycles. The van der Waals surface area contributed by atoms with E-state index in [1.807, 2.05) is 0 Å². The van der Waals surface area contributed by atoms with Gasteiger partial charge in [0.2, 0.25) is 0 Å². The molecule has 0 unspecified atom stereocenters. The minimum absolute atomic E-state index is 0.0966. The molecule has 1 rings (SSSR count). The molecule has 68 valence electrons. The van der Waals surface area contributed by atoms with Crippen molar-refractivity contribution in [1.82, 2.24) is 0 Å². The summed E-state index contributed by atoms with van der Waals surface area (Å²) in [7, 11) is 0. The highest BCUT2D eigenvalue weighted by Crippen LogP contribution is 2.05. The van der Waals surface area contributed by atoms with Gasteiger partial charge in [0.1, 0.15) is 0 Å². The third-order valence-corrected chi connectivity index (χ3v) is 1.62. The zero-order valence-corrected chi connectivity index (χ0v) is 6.86. The first kappa shape index (κ1) is 9.41. The van der Waals surface area contributed by atoms with E-state index >= 15 is 0 Å². The van der Waals surface area contributed by atoms with Crippen LogP contribution in [0.15, 0.2) is 24.3 Å². The lowest BCUT2D eigenvalue weighted by atomic mass is 10.1. The largest absolute Gasteiger partial charge is 0.478 e. The zero-order valence-electron chi connectivity index (χ0n) is 6.86. The number of rotatable bonds is 3. The van der Waals surface area contributed by atoms with E-state index in [9.17, 15) is 9.59 Å². The second kappa shape index (κ2) is 3.82. The summed E-state index contributed by atoms with van der Waals surface area (Å²) < 4.78 is 0. The number of carboxylic acids is 1. The van der Waals surface area contributed by atoms with Crippen molar-refractivity contribution in [1.29, 1.82) is 0 Å². The summed E-state index contributed by atoms with van der Waals surface area (Å²) in [6.45, 7) is -0.108. The van der Waals surface area contributed by atoms with Crippen LogP contribution in [0, 0.1) is 0 Å². The second-order valence-electron chi connectivity index (χ2n) is 2.51. The number of nitrogens with two attached hydrogens (primary N) is 1. The molecule has 0 radical (unpaired) electrons. The van der Waals surface area contributed by atoms with Crippen molar-refractivity contribution < 1.29 is 14.7 Å². The Morgan fingerprint density at radius 1 is 1.31 bits per heavy atom. The van der Waals surface area contributed by atoms with Crippen LogP contribution in [0.4, 0.5) is 0 Å². The molecular formula is C9H9NO3. The normalized spacial score (nSPS) is 9.62. The molecule has 1 aromatic carbocycles. The fourth-order valence-corrected chi connectivity index (χ4v) is 0.944. The van der Waals surface area contributed by atoms with Crippen molar-refractivity contribution in [2.45, 2.75) is 0 Å². The van der Waals surface area contributed by atoms with E-state index in [-0.39, 0.29) is 17.9 Å². The zero-order chi connectivity index (χ0) is 9.84. The van der Waals surface area contributed by atoms with Crippen LogP contribution in [0.2, 0.25) is 0 Å². The first-order chi connectivity index (χ1) is 6.15. The fraction of sp³-hybridized carbons (Fsp3) is 0.111. The number of ketones is 1. The van der Waals surface area contributed by atoms with Gasteiger partial charge >= 0.3 is 5.97 Å². The van der Waals surface area contributed by atoms with E-state index in [0.29, 0.717) is 5.56 Å². The molecule has 0 aliphatic rings. The van der Waals surface area contributed by atoms with E-state index in [1.54, 1.807) is 6.07 Å². The maximum Gasteiger partial charge on any atom is 0.335 e. The predicted molar refractivity (Wildman–Crippen MR) is 46.8 cm³/mol. The van der Waals surface area contributed by atoms with Gasteiger partial charge in [-0.15, -0.1) is 0 Å². The monoisotopic (exact) mass is 179 g/mol. The molecule has 3 N–H and O–H groups in total. The Balaban J connectivity index is 3.05. The molecule has 4 nitrogen and oxygen atoms in total. The van der Waals surface area contributed by atoms with Crippen molar-refractivity contribution >= 4 is 11.8 Å². The number of hydrogen-bond acceptors (Lipinski definition) is 3. The molecule has 0 spiro atoms. The maximum absolute atomic E-state index is 11.1. The van der Waals surface area contributed by atoms with E-state index in [1.165, 1.54) is 18.2 Å². The number of carbonyl (C=O) groups excluding carboxylic acids is 1. The Bertz CT molecular complexity index is 346. The van der Waals surface area contributed by atoms with Crippen molar-refractivity contribution in [3.8, 4) is 0 Å². The SMILES string of the molecule is NCC(=O)c1cccc(C(=O)O)c1. The lowest BCUT2D eigenvalue weighted by Crippen LogP contribution is -2.14. The van der Waals surface area contributed by atoms with Crippen LogP contribution in [0.5, 0.6) is 0 Å². The van der Waals surface area contributed by atoms with Crippen molar-refractivity contribution in [2.75, 3.05) is 6.54 Å². The van der Waals surface area contributed by atoms with Crippen molar-refractivity contribution in [3.05, 3.63) is 35.4 Å². The highest BCUT2D eigenvalue weighted by Gasteiger charge is 2.07. The van der Waals surface area contributed by atoms with Gasteiger partial charge in [0, 0.05) is 5.56 Å². The highest BCUT2D eigenvalue weighted by molar-refractivity contribution is 5.99. The van der Waals surface area contributed by atoms with Gasteiger partial charge in [-0.1, -0.05) is 12.1 Å². The fourth-order valence-electron chi connectivity index (χ4n) is 0.944. The third kappa shape index (κ3) is 2.13. The molecule has 0 aromatic heterocycles. The van der Waals surface area contributed by atoms with Crippen molar-refractivity contribution in [3.63, 3.8) is 0 Å². The molecule has 0 saturated heterocycles. The van der Waals surface area contributed by atoms with Crippen LogP contribution in [0.25, 0.3) is 0 Å². The number of aromatic carboxylic acids is 1. The number of hydrogen-bond donors (Lipinski definition) is 2. The maximum atomic E-state index is 11.1. The molecule has 0 atom stereocenters. The van der Waals surface area contributed by atoms with Gasteiger partial charge in [-0.3, -0.25) is 4.79 Å². The van der Waals surface area contributed by atoms with Gasteiger partial charge in [-0.25, -0.2) is 4.79 Å². The quantitative estimate of drug-likeness (QED) is 0.663. The van der Waals surface area contributed by atoms with Crippen LogP contribution in [-0.2, 0) is 0 Å². The Morgan fingerprint density at radius 3 is 2.46 bits per heavy atom. The number of Topliss-reactive ketones (excluding diaryl/α,β-unsaturated/α-hetero) is 1. The predicted octanol–water partition coefficient (Wildman–Crippen LogP) is 0.526. The summed E-state index contributed by atoms with van der Waals surface area (Å²) >= 11 is 0. The lowest BCUT2D eigenvalue weighted by Gasteiger charge is -1.98.